The number of likely N-dealkylation sites (N-methyl/N-ethyl adjacent to an activating group) is 1. The van der Waals surface area contributed by atoms with Gasteiger partial charge in [-0.3, -0.25) is 9.69 Å². The fourth-order valence-electron chi connectivity index (χ4n) is 2.66. The van der Waals surface area contributed by atoms with E-state index >= 15 is 0 Å². The van der Waals surface area contributed by atoms with Crippen LogP contribution in [0.3, 0.4) is 0 Å². The first-order chi connectivity index (χ1) is 11.1. The number of nitrogens with zero attached hydrogens (tertiary/aromatic N) is 2. The molecule has 0 aromatic heterocycles. The van der Waals surface area contributed by atoms with Gasteiger partial charge in [-0.2, -0.15) is 0 Å². The molecule has 128 valence electrons. The monoisotopic (exact) mass is 318 g/mol. The van der Waals surface area contributed by atoms with Gasteiger partial charge in [0.2, 0.25) is 5.91 Å². The van der Waals surface area contributed by atoms with Crippen LogP contribution in [0, 0.1) is 0 Å². The summed E-state index contributed by atoms with van der Waals surface area (Å²) in [5, 5.41) is 0. The SMILES string of the molecule is CCCC.CN(C)[C@@H](C(=O)N1CCC[C@H]1C=O)c1ccccc1. The van der Waals surface area contributed by atoms with E-state index in [1.165, 1.54) is 12.8 Å². The molecule has 0 radical (unpaired) electrons. The Morgan fingerprint density at radius 3 is 2.35 bits per heavy atom. The van der Waals surface area contributed by atoms with Crippen molar-refractivity contribution in [3.05, 3.63) is 35.9 Å². The summed E-state index contributed by atoms with van der Waals surface area (Å²) in [6, 6.07) is 9.13. The number of carbonyl (C=O) groups is 2. The zero-order chi connectivity index (χ0) is 17.2. The number of aldehydes is 1. The van der Waals surface area contributed by atoms with Crippen LogP contribution in [0.25, 0.3) is 0 Å². The number of likely N-dealkylation sites (tertiary alicyclic amines) is 1. The van der Waals surface area contributed by atoms with Gasteiger partial charge in [-0.1, -0.05) is 57.0 Å². The highest BCUT2D eigenvalue weighted by Gasteiger charge is 2.34. The fourth-order valence-corrected chi connectivity index (χ4v) is 2.66. The Balaban J connectivity index is 0.000000593. The smallest absolute Gasteiger partial charge is 0.245 e. The van der Waals surface area contributed by atoms with Crippen molar-refractivity contribution in [1.82, 2.24) is 9.80 Å². The van der Waals surface area contributed by atoms with Gasteiger partial charge in [0.15, 0.2) is 0 Å². The topological polar surface area (TPSA) is 40.6 Å². The minimum atomic E-state index is -0.318. The van der Waals surface area contributed by atoms with Gasteiger partial charge >= 0.3 is 0 Å². The standard InChI is InChI=1S/C15H20N2O2.C4H10/c1-16(2)14(12-7-4-3-5-8-12)15(19)17-10-6-9-13(17)11-18;1-3-4-2/h3-5,7-8,11,13-14H,6,9-10H2,1-2H3;3-4H2,1-2H3/t13-,14+;/m0./s1. The van der Waals surface area contributed by atoms with Crippen LogP contribution in [-0.4, -0.2) is 48.7 Å². The molecule has 2 rings (SSSR count). The largest absolute Gasteiger partial charge is 0.331 e. The van der Waals surface area contributed by atoms with E-state index in [1.54, 1.807) is 4.90 Å². The van der Waals surface area contributed by atoms with Gasteiger partial charge in [-0.05, 0) is 32.5 Å². The fraction of sp³-hybridized carbons (Fsp3) is 0.579. The lowest BCUT2D eigenvalue weighted by molar-refractivity contribution is -0.139. The summed E-state index contributed by atoms with van der Waals surface area (Å²) >= 11 is 0. The summed E-state index contributed by atoms with van der Waals surface area (Å²) in [6.07, 6.45) is 5.22. The first-order valence-corrected chi connectivity index (χ1v) is 8.53. The third kappa shape index (κ3) is 5.47. The Labute approximate surface area is 140 Å². The Morgan fingerprint density at radius 1 is 1.26 bits per heavy atom. The molecule has 1 aromatic rings. The van der Waals surface area contributed by atoms with Gasteiger partial charge in [-0.25, -0.2) is 0 Å². The van der Waals surface area contributed by atoms with Gasteiger partial charge in [0, 0.05) is 6.54 Å². The molecule has 1 aliphatic rings. The third-order valence-electron chi connectivity index (χ3n) is 4.11. The van der Waals surface area contributed by atoms with Crippen LogP contribution in [-0.2, 0) is 9.59 Å². The van der Waals surface area contributed by atoms with Gasteiger partial charge in [0.25, 0.3) is 0 Å². The molecule has 0 unspecified atom stereocenters. The minimum absolute atomic E-state index is 0.0193. The Bertz CT molecular complexity index is 472. The Morgan fingerprint density at radius 2 is 1.87 bits per heavy atom. The maximum atomic E-state index is 12.7. The Kier molecular flexibility index (Phi) is 8.56. The second-order valence-corrected chi connectivity index (χ2v) is 6.15. The van der Waals surface area contributed by atoms with Crippen molar-refractivity contribution < 1.29 is 9.59 Å². The summed E-state index contributed by atoms with van der Waals surface area (Å²) < 4.78 is 0. The Hall–Kier alpha value is -1.68. The average Bonchev–Trinajstić information content (AvgIpc) is 3.04. The molecular formula is C19H30N2O2. The predicted octanol–water partition coefficient (Wildman–Crippen LogP) is 3.29. The van der Waals surface area contributed by atoms with Gasteiger partial charge < -0.3 is 9.69 Å². The molecule has 2 atom stereocenters. The highest BCUT2D eigenvalue weighted by molar-refractivity contribution is 5.86. The third-order valence-corrected chi connectivity index (χ3v) is 4.11. The van der Waals surface area contributed by atoms with Crippen LogP contribution in [0.1, 0.15) is 51.1 Å². The lowest BCUT2D eigenvalue weighted by Crippen LogP contribution is -2.43. The van der Waals surface area contributed by atoms with E-state index in [9.17, 15) is 9.59 Å². The van der Waals surface area contributed by atoms with Crippen LogP contribution in [0.15, 0.2) is 30.3 Å². The highest BCUT2D eigenvalue weighted by Crippen LogP contribution is 2.25. The molecule has 4 nitrogen and oxygen atoms in total. The summed E-state index contributed by atoms with van der Waals surface area (Å²) in [5.41, 5.74) is 0.967. The van der Waals surface area contributed by atoms with Gasteiger partial charge in [-0.15, -0.1) is 0 Å². The van der Waals surface area contributed by atoms with Crippen molar-refractivity contribution in [1.29, 1.82) is 0 Å². The van der Waals surface area contributed by atoms with Gasteiger partial charge in [0.05, 0.1) is 6.04 Å². The quantitative estimate of drug-likeness (QED) is 0.782. The minimum Gasteiger partial charge on any atom is -0.331 e. The van der Waals surface area contributed by atoms with E-state index in [0.717, 1.165) is 24.7 Å². The second-order valence-electron chi connectivity index (χ2n) is 6.15. The molecule has 4 heteroatoms. The molecule has 1 aromatic carbocycles. The maximum absolute atomic E-state index is 12.7. The van der Waals surface area contributed by atoms with E-state index in [0.29, 0.717) is 6.54 Å². The number of benzene rings is 1. The van der Waals surface area contributed by atoms with Crippen molar-refractivity contribution in [3.8, 4) is 0 Å². The maximum Gasteiger partial charge on any atom is 0.245 e. The first kappa shape index (κ1) is 19.4. The molecule has 1 saturated heterocycles. The summed E-state index contributed by atoms with van der Waals surface area (Å²) in [7, 11) is 3.78. The van der Waals surface area contributed by atoms with E-state index in [2.05, 4.69) is 13.8 Å². The van der Waals surface area contributed by atoms with E-state index < -0.39 is 0 Å². The zero-order valence-electron chi connectivity index (χ0n) is 14.9. The summed E-state index contributed by atoms with van der Waals surface area (Å²) in [6.45, 7) is 5.04. The number of rotatable bonds is 5. The van der Waals surface area contributed by atoms with E-state index in [1.807, 2.05) is 49.3 Å². The highest BCUT2D eigenvalue weighted by atomic mass is 16.2. The van der Waals surface area contributed by atoms with Crippen molar-refractivity contribution >= 4 is 12.2 Å². The molecule has 1 heterocycles. The lowest BCUT2D eigenvalue weighted by Gasteiger charge is -2.30. The summed E-state index contributed by atoms with van der Waals surface area (Å²) in [4.78, 5) is 27.3. The number of hydrogen-bond acceptors (Lipinski definition) is 3. The number of carbonyl (C=O) groups excluding carboxylic acids is 2. The van der Waals surface area contributed by atoms with Crippen molar-refractivity contribution in [2.45, 2.75) is 51.6 Å². The lowest BCUT2D eigenvalue weighted by atomic mass is 10.0. The molecule has 1 aliphatic heterocycles. The normalized spacial score (nSPS) is 18.3. The molecule has 0 aliphatic carbocycles. The van der Waals surface area contributed by atoms with Crippen molar-refractivity contribution in [3.63, 3.8) is 0 Å². The number of hydrogen-bond donors (Lipinski definition) is 0. The zero-order valence-corrected chi connectivity index (χ0v) is 14.9. The molecule has 0 spiro atoms. The number of amides is 1. The van der Waals surface area contributed by atoms with Crippen molar-refractivity contribution in [2.75, 3.05) is 20.6 Å². The number of unbranched alkanes of at least 4 members (excludes halogenated alkanes) is 1. The summed E-state index contributed by atoms with van der Waals surface area (Å²) in [5.74, 6) is 0.0193. The second kappa shape index (κ2) is 10.2. The molecular weight excluding hydrogens is 288 g/mol. The molecule has 1 fully saturated rings. The molecule has 0 N–H and O–H groups in total. The predicted molar refractivity (Wildman–Crippen MR) is 94.3 cm³/mol. The van der Waals surface area contributed by atoms with Crippen molar-refractivity contribution in [2.24, 2.45) is 0 Å². The van der Waals surface area contributed by atoms with Gasteiger partial charge in [0.1, 0.15) is 12.3 Å². The average molecular weight is 318 g/mol. The molecule has 23 heavy (non-hydrogen) atoms. The molecule has 1 amide bonds. The van der Waals surface area contributed by atoms with Crippen LogP contribution >= 0.6 is 0 Å². The van der Waals surface area contributed by atoms with Crippen LogP contribution in [0.2, 0.25) is 0 Å². The van der Waals surface area contributed by atoms with E-state index in [-0.39, 0.29) is 18.0 Å². The molecule has 0 bridgehead atoms. The van der Waals surface area contributed by atoms with Crippen LogP contribution in [0.4, 0.5) is 0 Å². The molecule has 0 saturated carbocycles. The van der Waals surface area contributed by atoms with Crippen LogP contribution in [0.5, 0.6) is 0 Å². The van der Waals surface area contributed by atoms with Crippen LogP contribution < -0.4 is 0 Å². The first-order valence-electron chi connectivity index (χ1n) is 8.53. The van der Waals surface area contributed by atoms with E-state index in [4.69, 9.17) is 0 Å².